The highest BCUT2D eigenvalue weighted by Gasteiger charge is 2.14. The Labute approximate surface area is 170 Å². The minimum atomic E-state index is -0.506. The molecule has 0 heterocycles. The van der Waals surface area contributed by atoms with Crippen molar-refractivity contribution in [1.82, 2.24) is 5.32 Å². The number of hydrogen-bond acceptors (Lipinski definition) is 4. The Morgan fingerprint density at radius 1 is 0.862 bits per heavy atom. The number of esters is 1. The Hall–Kier alpha value is -3.60. The maximum atomic E-state index is 12.5. The van der Waals surface area contributed by atoms with Crippen LogP contribution in [-0.4, -0.2) is 25.6 Å². The molecule has 0 fully saturated rings. The van der Waals surface area contributed by atoms with Crippen LogP contribution < -0.4 is 10.1 Å². The van der Waals surface area contributed by atoms with Gasteiger partial charge in [0.1, 0.15) is 5.75 Å². The highest BCUT2D eigenvalue weighted by Crippen LogP contribution is 2.16. The molecule has 0 aromatic heterocycles. The second kappa shape index (κ2) is 10.1. The number of nitrogens with one attached hydrogen (secondary N) is 1. The summed E-state index contributed by atoms with van der Waals surface area (Å²) >= 11 is 0. The molecule has 0 unspecified atom stereocenters. The first-order valence-corrected chi connectivity index (χ1v) is 9.34. The standard InChI is InChI=1S/C24H23NO4/c1-28-21-12-7-10-19(15-21)16-25-23(26)17-29-24(27)22-13-6-5-11-20(22)14-18-8-3-2-4-9-18/h2-13,15H,14,16-17H2,1H3,(H,25,26). The van der Waals surface area contributed by atoms with Crippen LogP contribution >= 0.6 is 0 Å². The van der Waals surface area contributed by atoms with Gasteiger partial charge in [0.25, 0.3) is 5.91 Å². The van der Waals surface area contributed by atoms with Crippen molar-refractivity contribution in [2.24, 2.45) is 0 Å². The van der Waals surface area contributed by atoms with Crippen LogP contribution in [0.5, 0.6) is 5.75 Å². The molecule has 0 saturated heterocycles. The fourth-order valence-electron chi connectivity index (χ4n) is 2.93. The molecule has 0 aliphatic carbocycles. The number of rotatable bonds is 8. The van der Waals surface area contributed by atoms with Crippen molar-refractivity contribution < 1.29 is 19.1 Å². The lowest BCUT2D eigenvalue weighted by Gasteiger charge is -2.10. The first kappa shape index (κ1) is 20.1. The zero-order valence-corrected chi connectivity index (χ0v) is 16.3. The molecule has 0 bridgehead atoms. The maximum Gasteiger partial charge on any atom is 0.338 e. The number of hydrogen-bond donors (Lipinski definition) is 1. The third-order valence-electron chi connectivity index (χ3n) is 4.43. The lowest BCUT2D eigenvalue weighted by Crippen LogP contribution is -2.28. The largest absolute Gasteiger partial charge is 0.497 e. The van der Waals surface area contributed by atoms with Crippen LogP contribution in [0.4, 0.5) is 0 Å². The van der Waals surface area contributed by atoms with Crippen LogP contribution in [0, 0.1) is 0 Å². The van der Waals surface area contributed by atoms with E-state index in [0.29, 0.717) is 18.5 Å². The van der Waals surface area contributed by atoms with Gasteiger partial charge in [-0.3, -0.25) is 4.79 Å². The highest BCUT2D eigenvalue weighted by atomic mass is 16.5. The number of amides is 1. The van der Waals surface area contributed by atoms with Crippen molar-refractivity contribution in [3.8, 4) is 5.75 Å². The molecule has 5 heteroatoms. The Bertz CT molecular complexity index is 969. The summed E-state index contributed by atoms with van der Waals surface area (Å²) in [6.45, 7) is 0.000646. The zero-order chi connectivity index (χ0) is 20.5. The average Bonchev–Trinajstić information content (AvgIpc) is 2.77. The summed E-state index contributed by atoms with van der Waals surface area (Å²) in [5.41, 5.74) is 3.33. The molecule has 0 aliphatic rings. The monoisotopic (exact) mass is 389 g/mol. The van der Waals surface area contributed by atoms with Gasteiger partial charge in [0.2, 0.25) is 0 Å². The number of methoxy groups -OCH3 is 1. The smallest absolute Gasteiger partial charge is 0.338 e. The molecule has 1 amide bonds. The van der Waals surface area contributed by atoms with Crippen molar-refractivity contribution in [1.29, 1.82) is 0 Å². The van der Waals surface area contributed by atoms with Gasteiger partial charge >= 0.3 is 5.97 Å². The lowest BCUT2D eigenvalue weighted by atomic mass is 10.00. The highest BCUT2D eigenvalue weighted by molar-refractivity contribution is 5.92. The van der Waals surface area contributed by atoms with Gasteiger partial charge in [-0.25, -0.2) is 4.79 Å². The van der Waals surface area contributed by atoms with E-state index in [4.69, 9.17) is 9.47 Å². The molecular weight excluding hydrogens is 366 g/mol. The quantitative estimate of drug-likeness (QED) is 0.596. The van der Waals surface area contributed by atoms with Crippen molar-refractivity contribution in [2.45, 2.75) is 13.0 Å². The normalized spacial score (nSPS) is 10.2. The lowest BCUT2D eigenvalue weighted by molar-refractivity contribution is -0.124. The number of ether oxygens (including phenoxy) is 2. The van der Waals surface area contributed by atoms with Crippen LogP contribution in [0.1, 0.15) is 27.0 Å². The molecular formula is C24H23NO4. The first-order chi connectivity index (χ1) is 14.2. The molecule has 29 heavy (non-hydrogen) atoms. The van der Waals surface area contributed by atoms with E-state index in [9.17, 15) is 9.59 Å². The van der Waals surface area contributed by atoms with Crippen LogP contribution in [0.3, 0.4) is 0 Å². The first-order valence-electron chi connectivity index (χ1n) is 9.34. The van der Waals surface area contributed by atoms with Crippen molar-refractivity contribution in [2.75, 3.05) is 13.7 Å². The van der Waals surface area contributed by atoms with Crippen LogP contribution in [0.25, 0.3) is 0 Å². The second-order valence-electron chi connectivity index (χ2n) is 6.52. The maximum absolute atomic E-state index is 12.5. The molecule has 0 spiro atoms. The number of benzene rings is 3. The minimum absolute atomic E-state index is 0.331. The van der Waals surface area contributed by atoms with E-state index in [1.54, 1.807) is 19.2 Å². The van der Waals surface area contributed by atoms with Gasteiger partial charge in [0.05, 0.1) is 12.7 Å². The SMILES string of the molecule is COc1cccc(CNC(=O)COC(=O)c2ccccc2Cc2ccccc2)c1. The Morgan fingerprint density at radius 3 is 2.38 bits per heavy atom. The second-order valence-corrected chi connectivity index (χ2v) is 6.52. The van der Waals surface area contributed by atoms with Crippen molar-refractivity contribution in [3.05, 3.63) is 101 Å². The van der Waals surface area contributed by atoms with Gasteiger partial charge in [-0.1, -0.05) is 60.7 Å². The predicted octanol–water partition coefficient (Wildman–Crippen LogP) is 3.76. The minimum Gasteiger partial charge on any atom is -0.497 e. The molecule has 148 valence electrons. The van der Waals surface area contributed by atoms with Crippen LogP contribution in [-0.2, 0) is 22.5 Å². The Kier molecular flexibility index (Phi) is 7.00. The summed E-state index contributed by atoms with van der Waals surface area (Å²) in [5, 5.41) is 2.74. The summed E-state index contributed by atoms with van der Waals surface area (Å²) in [7, 11) is 1.59. The Morgan fingerprint density at radius 2 is 1.59 bits per heavy atom. The van der Waals surface area contributed by atoms with Gasteiger partial charge in [-0.15, -0.1) is 0 Å². The van der Waals surface area contributed by atoms with E-state index in [-0.39, 0.29) is 12.5 Å². The topological polar surface area (TPSA) is 64.6 Å². The van der Waals surface area contributed by atoms with Gasteiger partial charge in [0.15, 0.2) is 6.61 Å². The molecule has 3 aromatic rings. The van der Waals surface area contributed by atoms with Crippen molar-refractivity contribution in [3.63, 3.8) is 0 Å². The molecule has 3 aromatic carbocycles. The molecule has 0 aliphatic heterocycles. The van der Waals surface area contributed by atoms with Gasteiger partial charge in [0, 0.05) is 6.54 Å². The van der Waals surface area contributed by atoms with E-state index >= 15 is 0 Å². The van der Waals surface area contributed by atoms with Crippen LogP contribution in [0.2, 0.25) is 0 Å². The molecule has 5 nitrogen and oxygen atoms in total. The fourth-order valence-corrected chi connectivity index (χ4v) is 2.93. The fraction of sp³-hybridized carbons (Fsp3) is 0.167. The van der Waals surface area contributed by atoms with Crippen molar-refractivity contribution >= 4 is 11.9 Å². The van der Waals surface area contributed by atoms with Gasteiger partial charge in [-0.05, 0) is 41.3 Å². The molecule has 3 rings (SSSR count). The van der Waals surface area contributed by atoms with E-state index < -0.39 is 5.97 Å². The third-order valence-corrected chi connectivity index (χ3v) is 4.43. The Balaban J connectivity index is 1.54. The van der Waals surface area contributed by atoms with Gasteiger partial charge < -0.3 is 14.8 Å². The summed E-state index contributed by atoms with van der Waals surface area (Å²) < 4.78 is 10.4. The summed E-state index contributed by atoms with van der Waals surface area (Å²) in [5.74, 6) is -0.145. The summed E-state index contributed by atoms with van der Waals surface area (Å²) in [6, 6.07) is 24.6. The molecule has 0 saturated carbocycles. The van der Waals surface area contributed by atoms with E-state index in [0.717, 1.165) is 22.4 Å². The van der Waals surface area contributed by atoms with E-state index in [2.05, 4.69) is 5.32 Å². The van der Waals surface area contributed by atoms with Gasteiger partial charge in [-0.2, -0.15) is 0 Å². The third kappa shape index (κ3) is 5.94. The number of carbonyl (C=O) groups is 2. The molecule has 0 atom stereocenters. The zero-order valence-electron chi connectivity index (χ0n) is 16.3. The van der Waals surface area contributed by atoms with E-state index in [1.807, 2.05) is 66.7 Å². The summed E-state index contributed by atoms with van der Waals surface area (Å²) in [4.78, 5) is 24.6. The van der Waals surface area contributed by atoms with Crippen LogP contribution in [0.15, 0.2) is 78.9 Å². The molecule has 1 N–H and O–H groups in total. The predicted molar refractivity (Wildman–Crippen MR) is 111 cm³/mol. The molecule has 0 radical (unpaired) electrons. The summed E-state index contributed by atoms with van der Waals surface area (Å²) in [6.07, 6.45) is 0.619. The van der Waals surface area contributed by atoms with E-state index in [1.165, 1.54) is 0 Å². The number of carbonyl (C=O) groups excluding carboxylic acids is 2. The average molecular weight is 389 g/mol.